The Balaban J connectivity index is 1.43. The number of nitrogens with zero attached hydrogens (tertiary/aromatic N) is 3. The minimum atomic E-state index is -3.54. The van der Waals surface area contributed by atoms with E-state index in [1.54, 1.807) is 23.6 Å². The van der Waals surface area contributed by atoms with E-state index in [2.05, 4.69) is 10.3 Å². The van der Waals surface area contributed by atoms with Crippen LogP contribution in [0.25, 0.3) is 10.2 Å². The maximum absolute atomic E-state index is 12.7. The Morgan fingerprint density at radius 1 is 1.21 bits per heavy atom. The molecule has 29 heavy (non-hydrogen) atoms. The molecule has 1 aliphatic rings. The Hall–Kier alpha value is -2.56. The second-order valence-electron chi connectivity index (χ2n) is 6.82. The van der Waals surface area contributed by atoms with Crippen molar-refractivity contribution in [3.05, 3.63) is 52.4 Å². The number of sulfonamides is 1. The molecule has 2 aromatic heterocycles. The van der Waals surface area contributed by atoms with Crippen molar-refractivity contribution in [3.63, 3.8) is 0 Å². The van der Waals surface area contributed by atoms with E-state index in [0.29, 0.717) is 29.0 Å². The van der Waals surface area contributed by atoms with Crippen LogP contribution in [-0.2, 0) is 21.4 Å². The molecule has 4 rings (SSSR count). The molecule has 152 valence electrons. The topological polar surface area (TPSA) is 101 Å². The fourth-order valence-electron chi connectivity index (χ4n) is 3.30. The smallest absolute Gasteiger partial charge is 0.271 e. The Morgan fingerprint density at radius 2 is 2.00 bits per heavy atom. The van der Waals surface area contributed by atoms with Gasteiger partial charge in [-0.2, -0.15) is 4.31 Å². The third-order valence-corrected chi connectivity index (χ3v) is 7.62. The molecule has 1 aromatic carbocycles. The molecule has 8 nitrogen and oxygen atoms in total. The monoisotopic (exact) mass is 432 g/mol. The van der Waals surface area contributed by atoms with Crippen LogP contribution < -0.4 is 10.9 Å². The summed E-state index contributed by atoms with van der Waals surface area (Å²) >= 11 is 1.32. The summed E-state index contributed by atoms with van der Waals surface area (Å²) in [6, 6.07) is 8.04. The van der Waals surface area contributed by atoms with Gasteiger partial charge in [0.2, 0.25) is 15.9 Å². The molecular weight excluding hydrogens is 412 g/mol. The van der Waals surface area contributed by atoms with Gasteiger partial charge >= 0.3 is 0 Å². The van der Waals surface area contributed by atoms with Gasteiger partial charge in [0.1, 0.15) is 4.70 Å². The van der Waals surface area contributed by atoms with Crippen LogP contribution in [0, 0.1) is 0 Å². The summed E-state index contributed by atoms with van der Waals surface area (Å²) in [6.07, 6.45) is 3.23. The number of fused-ring (bicyclic) bond motifs is 1. The van der Waals surface area contributed by atoms with Crippen molar-refractivity contribution in [1.29, 1.82) is 0 Å². The zero-order valence-corrected chi connectivity index (χ0v) is 17.2. The number of amides is 1. The number of carbonyl (C=O) groups is 1. The number of anilines is 1. The van der Waals surface area contributed by atoms with Crippen molar-refractivity contribution in [2.75, 3.05) is 18.4 Å². The van der Waals surface area contributed by atoms with Gasteiger partial charge in [-0.25, -0.2) is 13.4 Å². The molecular formula is C19H20N4O4S2. The first kappa shape index (κ1) is 19.7. The number of hydrogen-bond acceptors (Lipinski definition) is 6. The Kier molecular flexibility index (Phi) is 5.48. The molecule has 1 N–H and O–H groups in total. The van der Waals surface area contributed by atoms with Crippen LogP contribution in [0.4, 0.5) is 5.69 Å². The number of benzene rings is 1. The summed E-state index contributed by atoms with van der Waals surface area (Å²) in [5, 5.41) is 4.52. The van der Waals surface area contributed by atoms with Crippen LogP contribution >= 0.6 is 11.3 Å². The molecule has 0 spiro atoms. The van der Waals surface area contributed by atoms with Gasteiger partial charge in [-0.1, -0.05) is 6.07 Å². The van der Waals surface area contributed by atoms with Crippen molar-refractivity contribution in [3.8, 4) is 0 Å². The van der Waals surface area contributed by atoms with Gasteiger partial charge < -0.3 is 5.32 Å². The van der Waals surface area contributed by atoms with Crippen LogP contribution in [-0.4, -0.2) is 41.3 Å². The van der Waals surface area contributed by atoms with Gasteiger partial charge in [-0.3, -0.25) is 14.2 Å². The molecule has 10 heteroatoms. The molecule has 0 saturated carbocycles. The lowest BCUT2D eigenvalue weighted by Crippen LogP contribution is -2.28. The quantitative estimate of drug-likeness (QED) is 0.644. The van der Waals surface area contributed by atoms with E-state index in [-0.39, 0.29) is 29.3 Å². The maximum Gasteiger partial charge on any atom is 0.271 e. The zero-order valence-electron chi connectivity index (χ0n) is 15.6. The third-order valence-electron chi connectivity index (χ3n) is 4.84. The van der Waals surface area contributed by atoms with Gasteiger partial charge in [0.15, 0.2) is 0 Å². The fraction of sp³-hybridized carbons (Fsp3) is 0.316. The average Bonchev–Trinajstić information content (AvgIpc) is 3.40. The van der Waals surface area contributed by atoms with Gasteiger partial charge in [-0.05, 0) is 42.5 Å². The Morgan fingerprint density at radius 3 is 2.79 bits per heavy atom. The maximum atomic E-state index is 12.7. The minimum Gasteiger partial charge on any atom is -0.326 e. The minimum absolute atomic E-state index is 0.0710. The van der Waals surface area contributed by atoms with Crippen molar-refractivity contribution >= 4 is 43.2 Å². The zero-order chi connectivity index (χ0) is 20.4. The standard InChI is InChI=1S/C19H20N4O4S2/c24-17(6-10-22-13-20-16-7-11-28-18(16)19(22)25)21-14-4-3-5-15(12-14)29(26,27)23-8-1-2-9-23/h3-5,7,11-13H,1-2,6,8-10H2,(H,21,24). The highest BCUT2D eigenvalue weighted by molar-refractivity contribution is 7.89. The fourth-order valence-corrected chi connectivity index (χ4v) is 5.65. The van der Waals surface area contributed by atoms with Gasteiger partial charge in [0, 0.05) is 31.7 Å². The van der Waals surface area contributed by atoms with Crippen LogP contribution in [0.3, 0.4) is 0 Å². The van der Waals surface area contributed by atoms with Crippen molar-refractivity contribution in [2.24, 2.45) is 0 Å². The molecule has 0 bridgehead atoms. The van der Waals surface area contributed by atoms with Crippen LogP contribution in [0.2, 0.25) is 0 Å². The third kappa shape index (κ3) is 4.09. The number of thiophene rings is 1. The van der Waals surface area contributed by atoms with E-state index in [1.165, 1.54) is 38.7 Å². The highest BCUT2D eigenvalue weighted by Gasteiger charge is 2.27. The normalized spacial score (nSPS) is 15.0. The van der Waals surface area contributed by atoms with Crippen molar-refractivity contribution in [1.82, 2.24) is 13.9 Å². The van der Waals surface area contributed by atoms with Gasteiger partial charge in [-0.15, -0.1) is 11.3 Å². The predicted molar refractivity (Wildman–Crippen MR) is 112 cm³/mol. The lowest BCUT2D eigenvalue weighted by atomic mass is 10.3. The first-order chi connectivity index (χ1) is 13.9. The number of nitrogens with one attached hydrogen (secondary N) is 1. The first-order valence-electron chi connectivity index (χ1n) is 9.28. The van der Waals surface area contributed by atoms with Crippen molar-refractivity contribution < 1.29 is 13.2 Å². The molecule has 0 atom stereocenters. The first-order valence-corrected chi connectivity index (χ1v) is 11.6. The van der Waals surface area contributed by atoms with Crippen molar-refractivity contribution in [2.45, 2.75) is 30.7 Å². The molecule has 0 unspecified atom stereocenters. The molecule has 3 heterocycles. The molecule has 3 aromatic rings. The SMILES string of the molecule is O=C(CCn1cnc2ccsc2c1=O)Nc1cccc(S(=O)(=O)N2CCCC2)c1. The highest BCUT2D eigenvalue weighted by atomic mass is 32.2. The number of carbonyl (C=O) groups excluding carboxylic acids is 1. The summed E-state index contributed by atoms with van der Waals surface area (Å²) in [5.74, 6) is -0.307. The van der Waals surface area contributed by atoms with Crippen LogP contribution in [0.15, 0.2) is 51.7 Å². The molecule has 1 fully saturated rings. The number of hydrogen-bond donors (Lipinski definition) is 1. The number of aryl methyl sites for hydroxylation is 1. The van der Waals surface area contributed by atoms with E-state index in [4.69, 9.17) is 0 Å². The Bertz CT molecular complexity index is 1210. The molecule has 1 saturated heterocycles. The molecule has 0 radical (unpaired) electrons. The van der Waals surface area contributed by atoms with Gasteiger partial charge in [0.25, 0.3) is 5.56 Å². The lowest BCUT2D eigenvalue weighted by Gasteiger charge is -2.16. The molecule has 1 aliphatic heterocycles. The van der Waals surface area contributed by atoms with E-state index in [0.717, 1.165) is 12.8 Å². The van der Waals surface area contributed by atoms with E-state index >= 15 is 0 Å². The predicted octanol–water partition coefficient (Wildman–Crippen LogP) is 2.27. The summed E-state index contributed by atoms with van der Waals surface area (Å²) in [5.41, 5.74) is 0.891. The summed E-state index contributed by atoms with van der Waals surface area (Å²) in [6.45, 7) is 1.24. The molecule has 0 aliphatic carbocycles. The van der Waals surface area contributed by atoms with E-state index in [1.807, 2.05) is 0 Å². The number of rotatable bonds is 6. The van der Waals surface area contributed by atoms with Crippen LogP contribution in [0.5, 0.6) is 0 Å². The lowest BCUT2D eigenvalue weighted by molar-refractivity contribution is -0.116. The van der Waals surface area contributed by atoms with E-state index in [9.17, 15) is 18.0 Å². The largest absolute Gasteiger partial charge is 0.326 e. The summed E-state index contributed by atoms with van der Waals surface area (Å²) in [4.78, 5) is 29.1. The molecule has 1 amide bonds. The highest BCUT2D eigenvalue weighted by Crippen LogP contribution is 2.23. The summed E-state index contributed by atoms with van der Waals surface area (Å²) < 4.78 is 28.8. The Labute approximate surface area is 171 Å². The number of aromatic nitrogens is 2. The summed E-state index contributed by atoms with van der Waals surface area (Å²) in [7, 11) is -3.54. The van der Waals surface area contributed by atoms with Crippen LogP contribution in [0.1, 0.15) is 19.3 Å². The second-order valence-corrected chi connectivity index (χ2v) is 9.67. The average molecular weight is 433 g/mol. The second kappa shape index (κ2) is 8.05. The van der Waals surface area contributed by atoms with Gasteiger partial charge in [0.05, 0.1) is 16.7 Å². The van der Waals surface area contributed by atoms with E-state index < -0.39 is 10.0 Å².